The van der Waals surface area contributed by atoms with Crippen LogP contribution in [0.15, 0.2) is 35.1 Å². The van der Waals surface area contributed by atoms with Gasteiger partial charge < -0.3 is 23.7 Å². The number of hydrogen-bond donors (Lipinski definition) is 0. The Hall–Kier alpha value is -3.78. The van der Waals surface area contributed by atoms with Crippen LogP contribution in [0.2, 0.25) is 0 Å². The van der Waals surface area contributed by atoms with E-state index in [0.717, 1.165) is 32.5 Å². The van der Waals surface area contributed by atoms with Crippen molar-refractivity contribution < 1.29 is 47.7 Å². The van der Waals surface area contributed by atoms with E-state index < -0.39 is 59.6 Å². The summed E-state index contributed by atoms with van der Waals surface area (Å²) in [5, 5.41) is 0.193. The first-order valence-corrected chi connectivity index (χ1v) is 12.3. The molecule has 38 heavy (non-hydrogen) atoms. The van der Waals surface area contributed by atoms with Gasteiger partial charge in [-0.15, -0.1) is 0 Å². The maximum atomic E-state index is 12.8. The summed E-state index contributed by atoms with van der Waals surface area (Å²) in [5.41, 5.74) is -0.482. The maximum absolute atomic E-state index is 12.8. The van der Waals surface area contributed by atoms with Crippen molar-refractivity contribution in [3.8, 4) is 0 Å². The SMILES string of the molecule is CC(=O)OC[C@H]1O[C@@H](SC2=N/C(=C/c3ccccn3)C(=O)N2C)[C@H](OC(C)=O)[C@@H](OC(C)=O)[C@@H]1OC(C)=O. The lowest BCUT2D eigenvalue weighted by Gasteiger charge is -2.44. The Kier molecular flexibility index (Phi) is 9.58. The number of amidine groups is 1. The molecule has 204 valence electrons. The van der Waals surface area contributed by atoms with Crippen molar-refractivity contribution in [2.75, 3.05) is 13.7 Å². The molecule has 14 heteroatoms. The molecule has 1 saturated heterocycles. The van der Waals surface area contributed by atoms with Crippen molar-refractivity contribution >= 4 is 52.8 Å². The topological polar surface area (TPSA) is 160 Å². The Morgan fingerprint density at radius 2 is 1.61 bits per heavy atom. The number of aliphatic imine (C=N–C) groups is 1. The number of thioether (sulfide) groups is 1. The lowest BCUT2D eigenvalue weighted by atomic mass is 9.99. The monoisotopic (exact) mass is 549 g/mol. The van der Waals surface area contributed by atoms with E-state index in [0.29, 0.717) is 5.69 Å². The molecule has 0 unspecified atom stereocenters. The highest BCUT2D eigenvalue weighted by Gasteiger charge is 2.53. The van der Waals surface area contributed by atoms with Gasteiger partial charge in [0.05, 0.1) is 5.69 Å². The van der Waals surface area contributed by atoms with Gasteiger partial charge >= 0.3 is 23.9 Å². The zero-order valence-corrected chi connectivity index (χ0v) is 22.1. The van der Waals surface area contributed by atoms with Crippen molar-refractivity contribution in [1.29, 1.82) is 0 Å². The second kappa shape index (κ2) is 12.6. The molecule has 1 aromatic rings. The Balaban J connectivity index is 1.98. The van der Waals surface area contributed by atoms with Crippen LogP contribution in [0.25, 0.3) is 6.08 Å². The Labute approximate surface area is 222 Å². The maximum Gasteiger partial charge on any atom is 0.303 e. The molecule has 0 N–H and O–H groups in total. The van der Waals surface area contributed by atoms with Gasteiger partial charge in [-0.2, -0.15) is 0 Å². The van der Waals surface area contributed by atoms with E-state index in [2.05, 4.69) is 9.98 Å². The fourth-order valence-electron chi connectivity index (χ4n) is 3.67. The van der Waals surface area contributed by atoms with Gasteiger partial charge in [-0.1, -0.05) is 17.8 Å². The van der Waals surface area contributed by atoms with Gasteiger partial charge in [-0.3, -0.25) is 33.9 Å². The molecule has 5 atom stereocenters. The van der Waals surface area contributed by atoms with Crippen LogP contribution in [-0.2, 0) is 47.7 Å². The third-order valence-corrected chi connectivity index (χ3v) is 6.36. The number of hydrogen-bond acceptors (Lipinski definition) is 13. The minimum Gasteiger partial charge on any atom is -0.463 e. The molecule has 0 radical (unpaired) electrons. The fraction of sp³-hybridized carbons (Fsp3) is 0.458. The van der Waals surface area contributed by atoms with E-state index in [9.17, 15) is 24.0 Å². The number of nitrogens with zero attached hydrogens (tertiary/aromatic N) is 3. The average molecular weight is 550 g/mol. The van der Waals surface area contributed by atoms with Crippen molar-refractivity contribution in [1.82, 2.24) is 9.88 Å². The summed E-state index contributed by atoms with van der Waals surface area (Å²) in [7, 11) is 1.50. The largest absolute Gasteiger partial charge is 0.463 e. The quantitative estimate of drug-likeness (QED) is 0.271. The summed E-state index contributed by atoms with van der Waals surface area (Å²) in [6.45, 7) is 4.25. The summed E-state index contributed by atoms with van der Waals surface area (Å²) in [5.74, 6) is -3.24. The highest BCUT2D eigenvalue weighted by Crippen LogP contribution is 2.37. The fourth-order valence-corrected chi connectivity index (χ4v) is 4.82. The minimum absolute atomic E-state index is 0.110. The van der Waals surface area contributed by atoms with Crippen LogP contribution in [0.3, 0.4) is 0 Å². The number of pyridine rings is 1. The molecule has 1 aromatic heterocycles. The summed E-state index contributed by atoms with van der Waals surface area (Å²) in [6, 6.07) is 5.21. The van der Waals surface area contributed by atoms with Crippen molar-refractivity contribution in [3.05, 3.63) is 35.8 Å². The van der Waals surface area contributed by atoms with E-state index in [4.69, 9.17) is 23.7 Å². The number of carbonyl (C=O) groups is 5. The zero-order valence-electron chi connectivity index (χ0n) is 21.3. The molecular weight excluding hydrogens is 522 g/mol. The number of ether oxygens (including phenoxy) is 5. The lowest BCUT2D eigenvalue weighted by Crippen LogP contribution is -2.61. The summed E-state index contributed by atoms with van der Waals surface area (Å²) in [4.78, 5) is 70.0. The molecule has 2 aliphatic heterocycles. The van der Waals surface area contributed by atoms with Gasteiger partial charge in [0.15, 0.2) is 28.9 Å². The van der Waals surface area contributed by atoms with Crippen molar-refractivity contribution in [3.63, 3.8) is 0 Å². The lowest BCUT2D eigenvalue weighted by molar-refractivity contribution is -0.237. The van der Waals surface area contributed by atoms with E-state index in [-0.39, 0.29) is 17.5 Å². The highest BCUT2D eigenvalue weighted by molar-refractivity contribution is 8.14. The van der Waals surface area contributed by atoms with E-state index in [1.807, 2.05) is 0 Å². The van der Waals surface area contributed by atoms with Gasteiger partial charge in [-0.05, 0) is 18.2 Å². The predicted molar refractivity (Wildman–Crippen MR) is 132 cm³/mol. The number of carbonyl (C=O) groups excluding carboxylic acids is 5. The van der Waals surface area contributed by atoms with Crippen LogP contribution in [-0.4, -0.2) is 88.3 Å². The molecular formula is C24H27N3O10S. The van der Waals surface area contributed by atoms with E-state index in [1.54, 1.807) is 24.4 Å². The molecule has 13 nitrogen and oxygen atoms in total. The van der Waals surface area contributed by atoms with Gasteiger partial charge in [0.25, 0.3) is 5.91 Å². The standard InChI is InChI=1S/C24H27N3O10S/c1-12(28)33-11-18-19(34-13(2)29)20(35-14(3)30)21(36-15(4)31)23(37-18)38-24-26-17(22(32)27(24)5)10-16-8-6-7-9-25-16/h6-10,18-21,23H,11H2,1-5H3/b17-10+/t18-,19-,20+,21-,23+/m1/s1. The molecule has 0 spiro atoms. The van der Waals surface area contributed by atoms with Crippen LogP contribution in [0.4, 0.5) is 0 Å². The van der Waals surface area contributed by atoms with Crippen LogP contribution in [0.1, 0.15) is 33.4 Å². The Morgan fingerprint density at radius 3 is 2.18 bits per heavy atom. The molecule has 0 bridgehead atoms. The van der Waals surface area contributed by atoms with Gasteiger partial charge in [0.1, 0.15) is 18.4 Å². The highest BCUT2D eigenvalue weighted by atomic mass is 32.2. The first-order chi connectivity index (χ1) is 18.0. The van der Waals surface area contributed by atoms with Crippen molar-refractivity contribution in [2.45, 2.75) is 57.5 Å². The smallest absolute Gasteiger partial charge is 0.303 e. The molecule has 3 rings (SSSR count). The normalized spacial score (nSPS) is 26.0. The van der Waals surface area contributed by atoms with Crippen LogP contribution >= 0.6 is 11.8 Å². The zero-order chi connectivity index (χ0) is 28.0. The number of amides is 1. The van der Waals surface area contributed by atoms with Gasteiger partial charge in [0, 0.05) is 40.9 Å². The van der Waals surface area contributed by atoms with Crippen molar-refractivity contribution in [2.24, 2.45) is 4.99 Å². The summed E-state index contributed by atoms with van der Waals surface area (Å²) in [6.07, 6.45) is -1.90. The Bertz CT molecular complexity index is 1160. The molecule has 3 heterocycles. The number of rotatable bonds is 7. The van der Waals surface area contributed by atoms with Crippen LogP contribution < -0.4 is 0 Å². The molecule has 1 amide bonds. The minimum atomic E-state index is -1.32. The third kappa shape index (κ3) is 7.38. The number of esters is 4. The predicted octanol–water partition coefficient (Wildman–Crippen LogP) is 1.07. The summed E-state index contributed by atoms with van der Waals surface area (Å²) < 4.78 is 27.4. The molecule has 0 aromatic carbocycles. The number of aromatic nitrogens is 1. The second-order valence-electron chi connectivity index (χ2n) is 8.23. The van der Waals surface area contributed by atoms with Crippen LogP contribution in [0.5, 0.6) is 0 Å². The first-order valence-electron chi connectivity index (χ1n) is 11.4. The first kappa shape index (κ1) is 28.8. The third-order valence-electron chi connectivity index (χ3n) is 5.17. The van der Waals surface area contributed by atoms with Crippen LogP contribution in [0, 0.1) is 0 Å². The van der Waals surface area contributed by atoms with Gasteiger partial charge in [0.2, 0.25) is 0 Å². The summed E-state index contributed by atoms with van der Waals surface area (Å²) >= 11 is 0.916. The average Bonchev–Trinajstić information content (AvgIpc) is 3.09. The van der Waals surface area contributed by atoms with E-state index in [1.165, 1.54) is 24.9 Å². The van der Waals surface area contributed by atoms with E-state index >= 15 is 0 Å². The Morgan fingerprint density at radius 1 is 0.974 bits per heavy atom. The number of likely N-dealkylation sites (N-methyl/N-ethyl adjacent to an activating group) is 1. The molecule has 0 aliphatic carbocycles. The molecule has 1 fully saturated rings. The molecule has 2 aliphatic rings. The molecule has 0 saturated carbocycles. The van der Waals surface area contributed by atoms with Gasteiger partial charge in [-0.25, -0.2) is 4.99 Å². The second-order valence-corrected chi connectivity index (χ2v) is 9.29.